The zero-order valence-corrected chi connectivity index (χ0v) is 17.1. The Morgan fingerprint density at radius 3 is 2.71 bits per heavy atom. The highest BCUT2D eigenvalue weighted by atomic mass is 16.1. The molecule has 4 rings (SSSR count). The first-order valence-corrected chi connectivity index (χ1v) is 10.1. The van der Waals surface area contributed by atoms with Gasteiger partial charge in [0.1, 0.15) is 5.82 Å². The van der Waals surface area contributed by atoms with Gasteiger partial charge in [-0.25, -0.2) is 9.83 Å². The maximum atomic E-state index is 12.2. The standard InChI is InChI=1S/C21H23N9O/c1-13(31)17-12-24-21(28-19-6-4-3-5-18(19)22)29-20(17)27-15-9-14(23-2)10-16(11-15)30-25-7-8-26-30/h7-12,18-19H,3-6,22H2,1H3,(H2,24,27,28,29)/t18-,19+/m0/s1. The fourth-order valence-electron chi connectivity index (χ4n) is 3.64. The lowest BCUT2D eigenvalue weighted by atomic mass is 9.91. The van der Waals surface area contributed by atoms with Crippen molar-refractivity contribution in [3.63, 3.8) is 0 Å². The molecule has 10 heteroatoms. The number of carbonyl (C=O) groups excluding carboxylic acids is 1. The fourth-order valence-corrected chi connectivity index (χ4v) is 3.64. The van der Waals surface area contributed by atoms with Gasteiger partial charge >= 0.3 is 0 Å². The summed E-state index contributed by atoms with van der Waals surface area (Å²) in [6.45, 7) is 8.86. The average Bonchev–Trinajstić information content (AvgIpc) is 3.30. The number of Topliss-reactive ketones (excluding diaryl/α,β-unsaturated/α-hetero) is 1. The van der Waals surface area contributed by atoms with E-state index in [9.17, 15) is 4.79 Å². The molecule has 0 aliphatic heterocycles. The van der Waals surface area contributed by atoms with Crippen LogP contribution in [-0.2, 0) is 0 Å². The van der Waals surface area contributed by atoms with Crippen molar-refractivity contribution in [2.24, 2.45) is 5.73 Å². The number of nitrogens with one attached hydrogen (secondary N) is 2. The molecule has 4 N–H and O–H groups in total. The molecule has 1 saturated carbocycles. The summed E-state index contributed by atoms with van der Waals surface area (Å²) in [5.41, 5.74) is 8.19. The van der Waals surface area contributed by atoms with Gasteiger partial charge in [-0.3, -0.25) is 4.79 Å². The minimum atomic E-state index is -0.168. The van der Waals surface area contributed by atoms with Crippen molar-refractivity contribution in [3.8, 4) is 5.69 Å². The predicted octanol–water partition coefficient (Wildman–Crippen LogP) is 3.24. The molecule has 0 radical (unpaired) electrons. The Kier molecular flexibility index (Phi) is 5.86. The summed E-state index contributed by atoms with van der Waals surface area (Å²) in [5.74, 6) is 0.597. The second-order valence-electron chi connectivity index (χ2n) is 7.50. The molecule has 1 aliphatic rings. The molecule has 0 saturated heterocycles. The number of aromatic nitrogens is 5. The topological polar surface area (TPSA) is 128 Å². The number of carbonyl (C=O) groups is 1. The lowest BCUT2D eigenvalue weighted by Gasteiger charge is -2.29. The molecular formula is C21H23N9O. The number of rotatable bonds is 6. The molecule has 31 heavy (non-hydrogen) atoms. The maximum Gasteiger partial charge on any atom is 0.224 e. The summed E-state index contributed by atoms with van der Waals surface area (Å²) < 4.78 is 0. The minimum Gasteiger partial charge on any atom is -0.350 e. The average molecular weight is 417 g/mol. The second kappa shape index (κ2) is 8.89. The Balaban J connectivity index is 1.66. The number of anilines is 3. The van der Waals surface area contributed by atoms with Crippen LogP contribution in [0, 0.1) is 6.57 Å². The van der Waals surface area contributed by atoms with Gasteiger partial charge in [-0.1, -0.05) is 12.8 Å². The van der Waals surface area contributed by atoms with Crippen LogP contribution >= 0.6 is 0 Å². The highest BCUT2D eigenvalue weighted by Crippen LogP contribution is 2.28. The first-order valence-electron chi connectivity index (χ1n) is 10.1. The van der Waals surface area contributed by atoms with Crippen molar-refractivity contribution in [2.75, 3.05) is 10.6 Å². The summed E-state index contributed by atoms with van der Waals surface area (Å²) in [5, 5.41) is 14.7. The lowest BCUT2D eigenvalue weighted by molar-refractivity contribution is 0.101. The molecule has 2 heterocycles. The van der Waals surface area contributed by atoms with E-state index < -0.39 is 0 Å². The van der Waals surface area contributed by atoms with Crippen molar-refractivity contribution in [1.29, 1.82) is 0 Å². The highest BCUT2D eigenvalue weighted by Gasteiger charge is 2.23. The van der Waals surface area contributed by atoms with E-state index in [2.05, 4.69) is 35.6 Å². The van der Waals surface area contributed by atoms with Crippen LogP contribution in [0.4, 0.5) is 23.1 Å². The van der Waals surface area contributed by atoms with E-state index in [1.54, 1.807) is 30.6 Å². The molecule has 0 spiro atoms. The molecule has 0 unspecified atom stereocenters. The summed E-state index contributed by atoms with van der Waals surface area (Å²) >= 11 is 0. The molecule has 1 aromatic carbocycles. The van der Waals surface area contributed by atoms with Crippen LogP contribution in [0.3, 0.4) is 0 Å². The first-order chi connectivity index (χ1) is 15.0. The van der Waals surface area contributed by atoms with Crippen molar-refractivity contribution in [3.05, 3.63) is 53.8 Å². The van der Waals surface area contributed by atoms with E-state index in [-0.39, 0.29) is 17.9 Å². The largest absolute Gasteiger partial charge is 0.350 e. The van der Waals surface area contributed by atoms with E-state index in [0.29, 0.717) is 34.4 Å². The lowest BCUT2D eigenvalue weighted by Crippen LogP contribution is -2.43. The van der Waals surface area contributed by atoms with Crippen LogP contribution in [0.25, 0.3) is 10.5 Å². The van der Waals surface area contributed by atoms with E-state index in [0.717, 1.165) is 25.7 Å². The minimum absolute atomic E-state index is 0.0423. The molecule has 2 atom stereocenters. The van der Waals surface area contributed by atoms with Crippen LogP contribution < -0.4 is 16.4 Å². The number of hydrogen-bond acceptors (Lipinski definition) is 8. The Morgan fingerprint density at radius 1 is 1.23 bits per heavy atom. The number of ketones is 1. The van der Waals surface area contributed by atoms with Gasteiger partial charge in [0.15, 0.2) is 11.5 Å². The third-order valence-electron chi connectivity index (χ3n) is 5.25. The molecule has 0 amide bonds. The molecule has 2 aromatic heterocycles. The van der Waals surface area contributed by atoms with Gasteiger partial charge in [-0.05, 0) is 38.0 Å². The Hall–Kier alpha value is -3.84. The van der Waals surface area contributed by atoms with Gasteiger partial charge in [0.2, 0.25) is 5.95 Å². The third-order valence-corrected chi connectivity index (χ3v) is 5.25. The fraction of sp³-hybridized carbons (Fsp3) is 0.333. The summed E-state index contributed by atoms with van der Waals surface area (Å²) in [7, 11) is 0. The van der Waals surface area contributed by atoms with Crippen molar-refractivity contribution in [1.82, 2.24) is 25.0 Å². The van der Waals surface area contributed by atoms with Gasteiger partial charge < -0.3 is 16.4 Å². The zero-order chi connectivity index (χ0) is 21.8. The molecule has 1 aliphatic carbocycles. The zero-order valence-electron chi connectivity index (χ0n) is 17.1. The van der Waals surface area contributed by atoms with Crippen LogP contribution in [0.2, 0.25) is 0 Å². The number of hydrogen-bond donors (Lipinski definition) is 3. The summed E-state index contributed by atoms with van der Waals surface area (Å²) in [4.78, 5) is 25.9. The highest BCUT2D eigenvalue weighted by molar-refractivity contribution is 5.99. The molecule has 1 fully saturated rings. The summed E-state index contributed by atoms with van der Waals surface area (Å²) in [6.07, 6.45) is 8.77. The van der Waals surface area contributed by atoms with Gasteiger partial charge in [-0.15, -0.1) is 0 Å². The Bertz CT molecular complexity index is 1120. The molecular weight excluding hydrogens is 394 g/mol. The second-order valence-corrected chi connectivity index (χ2v) is 7.50. The van der Waals surface area contributed by atoms with Gasteiger partial charge in [0, 0.05) is 24.0 Å². The van der Waals surface area contributed by atoms with Gasteiger partial charge in [-0.2, -0.15) is 20.0 Å². The molecule has 0 bridgehead atoms. The van der Waals surface area contributed by atoms with Crippen molar-refractivity contribution >= 4 is 28.9 Å². The predicted molar refractivity (Wildman–Crippen MR) is 117 cm³/mol. The maximum absolute atomic E-state index is 12.2. The van der Waals surface area contributed by atoms with E-state index >= 15 is 0 Å². The Morgan fingerprint density at radius 2 is 2.00 bits per heavy atom. The van der Waals surface area contributed by atoms with Crippen LogP contribution in [-0.4, -0.2) is 42.8 Å². The van der Waals surface area contributed by atoms with Crippen LogP contribution in [0.15, 0.2) is 36.8 Å². The van der Waals surface area contributed by atoms with E-state index in [4.69, 9.17) is 12.3 Å². The number of nitrogens with two attached hydrogens (primary N) is 1. The normalized spacial score (nSPS) is 18.2. The van der Waals surface area contributed by atoms with Gasteiger partial charge in [0.05, 0.1) is 30.2 Å². The van der Waals surface area contributed by atoms with Gasteiger partial charge in [0.25, 0.3) is 0 Å². The first kappa shape index (κ1) is 20.4. The van der Waals surface area contributed by atoms with Crippen LogP contribution in [0.5, 0.6) is 0 Å². The van der Waals surface area contributed by atoms with E-state index in [1.165, 1.54) is 17.9 Å². The SMILES string of the molecule is [C-]#[N+]c1cc(Nc2nc(N[C@@H]3CCCC[C@@H]3N)ncc2C(C)=O)cc(-n2nccn2)c1. The molecule has 10 nitrogen and oxygen atoms in total. The molecule has 158 valence electrons. The quantitative estimate of drug-likeness (QED) is 0.412. The van der Waals surface area contributed by atoms with Crippen molar-refractivity contribution < 1.29 is 4.79 Å². The number of nitrogens with zero attached hydrogens (tertiary/aromatic N) is 6. The third kappa shape index (κ3) is 4.67. The molecule has 3 aromatic rings. The van der Waals surface area contributed by atoms with Crippen molar-refractivity contribution in [2.45, 2.75) is 44.7 Å². The van der Waals surface area contributed by atoms with Crippen LogP contribution in [0.1, 0.15) is 43.0 Å². The smallest absolute Gasteiger partial charge is 0.224 e. The van der Waals surface area contributed by atoms with E-state index in [1.807, 2.05) is 0 Å². The Labute approximate surface area is 179 Å². The monoisotopic (exact) mass is 417 g/mol. The summed E-state index contributed by atoms with van der Waals surface area (Å²) in [6, 6.07) is 5.27. The number of benzene rings is 1.